The first-order valence-corrected chi connectivity index (χ1v) is 4.73. The molecular formula is C11H11FS. The van der Waals surface area contributed by atoms with Crippen LogP contribution in [0.4, 0.5) is 4.39 Å². The molecule has 0 atom stereocenters. The van der Waals surface area contributed by atoms with Crippen molar-refractivity contribution in [2.45, 2.75) is 13.3 Å². The van der Waals surface area contributed by atoms with E-state index in [0.29, 0.717) is 0 Å². The molecule has 1 aromatic carbocycles. The number of hydrogen-bond donors (Lipinski definition) is 1. The number of benzene rings is 1. The van der Waals surface area contributed by atoms with Gasteiger partial charge in [0.1, 0.15) is 5.82 Å². The fraction of sp³-hybridized carbons (Fsp3) is 0.273. The molecule has 0 fully saturated rings. The van der Waals surface area contributed by atoms with Gasteiger partial charge >= 0.3 is 0 Å². The Bertz CT molecular complexity index is 347. The molecule has 0 aliphatic rings. The Morgan fingerprint density at radius 2 is 2.23 bits per heavy atom. The summed E-state index contributed by atoms with van der Waals surface area (Å²) in [6, 6.07) is 4.64. The first-order valence-electron chi connectivity index (χ1n) is 4.10. The van der Waals surface area contributed by atoms with Gasteiger partial charge in [-0.1, -0.05) is 17.9 Å². The van der Waals surface area contributed by atoms with Crippen molar-refractivity contribution in [1.82, 2.24) is 0 Å². The van der Waals surface area contributed by atoms with E-state index in [-0.39, 0.29) is 5.82 Å². The molecule has 0 radical (unpaired) electrons. The number of halogens is 1. The summed E-state index contributed by atoms with van der Waals surface area (Å²) in [5.41, 5.74) is 1.77. The van der Waals surface area contributed by atoms with Gasteiger partial charge in [-0.3, -0.25) is 0 Å². The van der Waals surface area contributed by atoms with E-state index in [1.54, 1.807) is 6.07 Å². The largest absolute Gasteiger partial charge is 0.207 e. The second-order valence-corrected chi connectivity index (χ2v) is 3.18. The molecule has 0 saturated carbocycles. The van der Waals surface area contributed by atoms with Crippen molar-refractivity contribution in [2.24, 2.45) is 0 Å². The van der Waals surface area contributed by atoms with Gasteiger partial charge in [0.25, 0.3) is 0 Å². The molecule has 1 rings (SSSR count). The maximum absolute atomic E-state index is 12.8. The standard InChI is InChI=1S/C11H11FS/c1-9-5-6-11(12)8-10(9)4-2-3-7-13/h5-6,8,13H,3,7H2,1H3. The Labute approximate surface area is 83.6 Å². The fourth-order valence-corrected chi connectivity index (χ4v) is 1.05. The zero-order chi connectivity index (χ0) is 9.68. The van der Waals surface area contributed by atoms with Crippen LogP contribution in [0.1, 0.15) is 17.5 Å². The lowest BCUT2D eigenvalue weighted by Crippen LogP contribution is -1.84. The van der Waals surface area contributed by atoms with E-state index >= 15 is 0 Å². The second-order valence-electron chi connectivity index (χ2n) is 2.73. The molecule has 0 aliphatic carbocycles. The SMILES string of the molecule is Cc1ccc(F)cc1C#CCCS. The van der Waals surface area contributed by atoms with E-state index < -0.39 is 0 Å². The van der Waals surface area contributed by atoms with Gasteiger partial charge in [0.05, 0.1) is 0 Å². The van der Waals surface area contributed by atoms with Crippen molar-refractivity contribution in [1.29, 1.82) is 0 Å². The lowest BCUT2D eigenvalue weighted by molar-refractivity contribution is 0.627. The van der Waals surface area contributed by atoms with E-state index in [0.717, 1.165) is 23.3 Å². The topological polar surface area (TPSA) is 0 Å². The molecule has 0 bridgehead atoms. The molecule has 68 valence electrons. The predicted octanol–water partition coefficient (Wildman–Crippen LogP) is 2.81. The van der Waals surface area contributed by atoms with E-state index in [4.69, 9.17) is 0 Å². The second kappa shape index (κ2) is 4.94. The van der Waals surface area contributed by atoms with Gasteiger partial charge < -0.3 is 0 Å². The van der Waals surface area contributed by atoms with Crippen LogP contribution in [-0.2, 0) is 0 Å². The Morgan fingerprint density at radius 1 is 1.46 bits per heavy atom. The third-order valence-electron chi connectivity index (χ3n) is 1.66. The van der Waals surface area contributed by atoms with Gasteiger partial charge in [0.15, 0.2) is 0 Å². The van der Waals surface area contributed by atoms with Crippen LogP contribution in [0.15, 0.2) is 18.2 Å². The highest BCUT2D eigenvalue weighted by molar-refractivity contribution is 7.80. The predicted molar refractivity (Wildman–Crippen MR) is 56.5 cm³/mol. The van der Waals surface area contributed by atoms with Crippen molar-refractivity contribution in [3.8, 4) is 11.8 Å². The highest BCUT2D eigenvalue weighted by Crippen LogP contribution is 2.08. The quantitative estimate of drug-likeness (QED) is 0.516. The molecule has 0 aromatic heterocycles. The maximum Gasteiger partial charge on any atom is 0.124 e. The Kier molecular flexibility index (Phi) is 3.85. The molecule has 0 spiro atoms. The average Bonchev–Trinajstić information content (AvgIpc) is 2.11. The van der Waals surface area contributed by atoms with E-state index in [2.05, 4.69) is 24.5 Å². The smallest absolute Gasteiger partial charge is 0.124 e. The summed E-state index contributed by atoms with van der Waals surface area (Å²) in [5, 5.41) is 0. The van der Waals surface area contributed by atoms with Crippen LogP contribution < -0.4 is 0 Å². The highest BCUT2D eigenvalue weighted by atomic mass is 32.1. The van der Waals surface area contributed by atoms with Gasteiger partial charge in [-0.2, -0.15) is 12.6 Å². The summed E-state index contributed by atoms with van der Waals surface area (Å²) in [5.74, 6) is 6.34. The fourth-order valence-electron chi connectivity index (χ4n) is 0.943. The molecule has 0 N–H and O–H groups in total. The van der Waals surface area contributed by atoms with Gasteiger partial charge in [0, 0.05) is 17.7 Å². The van der Waals surface area contributed by atoms with Crippen molar-refractivity contribution in [3.63, 3.8) is 0 Å². The Hall–Kier alpha value is -0.940. The third kappa shape index (κ3) is 3.12. The zero-order valence-corrected chi connectivity index (χ0v) is 8.37. The van der Waals surface area contributed by atoms with Crippen LogP contribution in [0.3, 0.4) is 0 Å². The molecule has 13 heavy (non-hydrogen) atoms. The van der Waals surface area contributed by atoms with Crippen LogP contribution in [0.2, 0.25) is 0 Å². The number of aryl methyl sites for hydroxylation is 1. The van der Waals surface area contributed by atoms with Gasteiger partial charge in [-0.25, -0.2) is 4.39 Å². The lowest BCUT2D eigenvalue weighted by Gasteiger charge is -1.96. The number of rotatable bonds is 1. The summed E-state index contributed by atoms with van der Waals surface area (Å²) in [7, 11) is 0. The Morgan fingerprint density at radius 3 is 2.92 bits per heavy atom. The minimum Gasteiger partial charge on any atom is -0.207 e. The summed E-state index contributed by atoms with van der Waals surface area (Å²) >= 11 is 4.04. The van der Waals surface area contributed by atoms with Crippen LogP contribution in [-0.4, -0.2) is 5.75 Å². The molecule has 0 heterocycles. The van der Waals surface area contributed by atoms with Crippen LogP contribution in [0, 0.1) is 24.6 Å². The third-order valence-corrected chi connectivity index (χ3v) is 1.88. The van der Waals surface area contributed by atoms with Gasteiger partial charge in [-0.15, -0.1) is 0 Å². The van der Waals surface area contributed by atoms with Crippen LogP contribution in [0.5, 0.6) is 0 Å². The average molecular weight is 194 g/mol. The minimum absolute atomic E-state index is 0.235. The van der Waals surface area contributed by atoms with E-state index in [9.17, 15) is 4.39 Å². The first kappa shape index (κ1) is 10.1. The van der Waals surface area contributed by atoms with E-state index in [1.807, 2.05) is 6.92 Å². The summed E-state index contributed by atoms with van der Waals surface area (Å²) in [6.45, 7) is 1.92. The number of thiol groups is 1. The molecule has 1 aromatic rings. The lowest BCUT2D eigenvalue weighted by atomic mass is 10.1. The molecule has 0 amide bonds. The first-order chi connectivity index (χ1) is 6.24. The van der Waals surface area contributed by atoms with Crippen molar-refractivity contribution < 1.29 is 4.39 Å². The van der Waals surface area contributed by atoms with E-state index in [1.165, 1.54) is 12.1 Å². The minimum atomic E-state index is -0.235. The molecule has 0 unspecified atom stereocenters. The van der Waals surface area contributed by atoms with Crippen LogP contribution in [0.25, 0.3) is 0 Å². The molecule has 0 nitrogen and oxygen atoms in total. The van der Waals surface area contributed by atoms with Gasteiger partial charge in [0.2, 0.25) is 0 Å². The maximum atomic E-state index is 12.8. The normalized spacial score (nSPS) is 9.15. The molecule has 2 heteroatoms. The van der Waals surface area contributed by atoms with Crippen molar-refractivity contribution in [3.05, 3.63) is 35.1 Å². The van der Waals surface area contributed by atoms with Gasteiger partial charge in [-0.05, 0) is 24.6 Å². The zero-order valence-electron chi connectivity index (χ0n) is 7.47. The molecule has 0 saturated heterocycles. The number of hydrogen-bond acceptors (Lipinski definition) is 1. The van der Waals surface area contributed by atoms with Crippen LogP contribution >= 0.6 is 12.6 Å². The summed E-state index contributed by atoms with van der Waals surface area (Å²) in [4.78, 5) is 0. The summed E-state index contributed by atoms with van der Waals surface area (Å²) in [6.07, 6.45) is 0.735. The molecular weight excluding hydrogens is 183 g/mol. The monoisotopic (exact) mass is 194 g/mol. The Balaban J connectivity index is 2.89. The highest BCUT2D eigenvalue weighted by Gasteiger charge is 1.95. The molecule has 0 aliphatic heterocycles. The van der Waals surface area contributed by atoms with Crippen molar-refractivity contribution >= 4 is 12.6 Å². The van der Waals surface area contributed by atoms with Crippen molar-refractivity contribution in [2.75, 3.05) is 5.75 Å². The summed E-state index contributed by atoms with van der Waals surface area (Å²) < 4.78 is 12.8.